The van der Waals surface area contributed by atoms with Crippen LogP contribution in [0.3, 0.4) is 0 Å². The summed E-state index contributed by atoms with van der Waals surface area (Å²) in [7, 11) is -3.87. The standard InChI is InChI=1S/C12H16BrN3O4S/c1-7-4-8(13)9(14)5-11(7)21(18,19)16-2-3-20-6-10(16)12(15)17/h4-5,10H,2-3,6,14H2,1H3,(H2,15,17). The molecule has 0 aliphatic carbocycles. The average Bonchev–Trinajstić information content (AvgIpc) is 2.42. The van der Waals surface area contributed by atoms with Crippen molar-refractivity contribution < 1.29 is 17.9 Å². The zero-order chi connectivity index (χ0) is 15.8. The molecule has 1 amide bonds. The molecule has 116 valence electrons. The van der Waals surface area contributed by atoms with Crippen LogP contribution in [0.5, 0.6) is 0 Å². The second-order valence-electron chi connectivity index (χ2n) is 4.75. The van der Waals surface area contributed by atoms with Gasteiger partial charge in [0.15, 0.2) is 0 Å². The minimum absolute atomic E-state index is 0.0420. The van der Waals surface area contributed by atoms with E-state index in [1.54, 1.807) is 13.0 Å². The van der Waals surface area contributed by atoms with Gasteiger partial charge in [0, 0.05) is 16.7 Å². The molecule has 4 N–H and O–H groups in total. The van der Waals surface area contributed by atoms with Crippen LogP contribution in [-0.4, -0.2) is 44.4 Å². The molecule has 1 aliphatic heterocycles. The third kappa shape index (κ3) is 3.05. The monoisotopic (exact) mass is 377 g/mol. The summed E-state index contributed by atoms with van der Waals surface area (Å²) in [4.78, 5) is 11.5. The second-order valence-corrected chi connectivity index (χ2v) is 7.46. The molecule has 9 heteroatoms. The molecule has 0 bridgehead atoms. The molecule has 1 saturated heterocycles. The zero-order valence-corrected chi connectivity index (χ0v) is 13.8. The first-order chi connectivity index (χ1) is 9.75. The van der Waals surface area contributed by atoms with E-state index in [2.05, 4.69) is 15.9 Å². The van der Waals surface area contributed by atoms with Crippen molar-refractivity contribution in [3.05, 3.63) is 22.2 Å². The number of nitrogens with zero attached hydrogens (tertiary/aromatic N) is 1. The van der Waals surface area contributed by atoms with E-state index in [1.165, 1.54) is 6.07 Å². The van der Waals surface area contributed by atoms with Gasteiger partial charge in [-0.25, -0.2) is 8.42 Å². The Morgan fingerprint density at radius 3 is 2.76 bits per heavy atom. The van der Waals surface area contributed by atoms with Gasteiger partial charge < -0.3 is 16.2 Å². The number of hydrogen-bond donors (Lipinski definition) is 2. The molecule has 1 heterocycles. The fourth-order valence-corrected chi connectivity index (χ4v) is 4.44. The summed E-state index contributed by atoms with van der Waals surface area (Å²) < 4.78 is 32.4. The minimum Gasteiger partial charge on any atom is -0.398 e. The van der Waals surface area contributed by atoms with Crippen molar-refractivity contribution in [1.82, 2.24) is 4.31 Å². The van der Waals surface area contributed by atoms with E-state index in [1.807, 2.05) is 0 Å². The predicted octanol–water partition coefficient (Wildman–Crippen LogP) is 0.215. The van der Waals surface area contributed by atoms with Gasteiger partial charge in [0.05, 0.1) is 18.1 Å². The van der Waals surface area contributed by atoms with Crippen LogP contribution in [-0.2, 0) is 19.6 Å². The van der Waals surface area contributed by atoms with E-state index in [-0.39, 0.29) is 24.7 Å². The maximum atomic E-state index is 12.8. The summed E-state index contributed by atoms with van der Waals surface area (Å²) >= 11 is 3.25. The molecular weight excluding hydrogens is 362 g/mol. The number of sulfonamides is 1. The van der Waals surface area contributed by atoms with Crippen molar-refractivity contribution in [1.29, 1.82) is 0 Å². The zero-order valence-electron chi connectivity index (χ0n) is 11.4. The van der Waals surface area contributed by atoms with Crippen molar-refractivity contribution in [2.24, 2.45) is 5.73 Å². The lowest BCUT2D eigenvalue weighted by Crippen LogP contribution is -2.54. The van der Waals surface area contributed by atoms with E-state index < -0.39 is 22.0 Å². The SMILES string of the molecule is Cc1cc(Br)c(N)cc1S(=O)(=O)N1CCOCC1C(N)=O. The molecule has 2 rings (SSSR count). The number of nitrogen functional groups attached to an aromatic ring is 1. The second kappa shape index (κ2) is 5.91. The quantitative estimate of drug-likeness (QED) is 0.730. The van der Waals surface area contributed by atoms with Crippen molar-refractivity contribution in [3.8, 4) is 0 Å². The van der Waals surface area contributed by atoms with Gasteiger partial charge in [0.2, 0.25) is 15.9 Å². The van der Waals surface area contributed by atoms with Gasteiger partial charge in [-0.1, -0.05) is 0 Å². The van der Waals surface area contributed by atoms with Crippen LogP contribution in [0, 0.1) is 6.92 Å². The predicted molar refractivity (Wildman–Crippen MR) is 81.0 cm³/mol. The molecule has 1 fully saturated rings. The number of carbonyl (C=O) groups is 1. The molecule has 0 spiro atoms. The maximum absolute atomic E-state index is 12.8. The molecular formula is C12H16BrN3O4S. The Morgan fingerprint density at radius 1 is 1.48 bits per heavy atom. The first-order valence-corrected chi connectivity index (χ1v) is 8.43. The van der Waals surface area contributed by atoms with Crippen LogP contribution < -0.4 is 11.5 Å². The number of amides is 1. The van der Waals surface area contributed by atoms with Crippen LogP contribution in [0.25, 0.3) is 0 Å². The lowest BCUT2D eigenvalue weighted by molar-refractivity contribution is -0.125. The van der Waals surface area contributed by atoms with E-state index in [4.69, 9.17) is 16.2 Å². The number of hydrogen-bond acceptors (Lipinski definition) is 5. The summed E-state index contributed by atoms with van der Waals surface area (Å²) in [5.74, 6) is -0.735. The van der Waals surface area contributed by atoms with Gasteiger partial charge in [-0.15, -0.1) is 0 Å². The maximum Gasteiger partial charge on any atom is 0.244 e. The van der Waals surface area contributed by atoms with Gasteiger partial charge in [0.1, 0.15) is 6.04 Å². The number of nitrogens with two attached hydrogens (primary N) is 2. The molecule has 0 saturated carbocycles. The Hall–Kier alpha value is -1.16. The van der Waals surface area contributed by atoms with Crippen LogP contribution in [0.15, 0.2) is 21.5 Å². The van der Waals surface area contributed by atoms with E-state index in [0.29, 0.717) is 15.7 Å². The van der Waals surface area contributed by atoms with E-state index in [0.717, 1.165) is 4.31 Å². The van der Waals surface area contributed by atoms with Gasteiger partial charge in [0.25, 0.3) is 0 Å². The molecule has 1 aromatic carbocycles. The molecule has 21 heavy (non-hydrogen) atoms. The fourth-order valence-electron chi connectivity index (χ4n) is 2.17. The number of aryl methyl sites for hydroxylation is 1. The normalized spacial score (nSPS) is 20.4. The summed E-state index contributed by atoms with van der Waals surface area (Å²) in [6.07, 6.45) is 0. The third-order valence-electron chi connectivity index (χ3n) is 3.29. The van der Waals surface area contributed by atoms with Crippen molar-refractivity contribution in [3.63, 3.8) is 0 Å². The number of halogens is 1. The Kier molecular flexibility index (Phi) is 4.57. The largest absolute Gasteiger partial charge is 0.398 e. The number of rotatable bonds is 3. The Morgan fingerprint density at radius 2 is 2.14 bits per heavy atom. The van der Waals surface area contributed by atoms with Crippen molar-refractivity contribution in [2.75, 3.05) is 25.5 Å². The lowest BCUT2D eigenvalue weighted by atomic mass is 10.2. The number of carbonyl (C=O) groups excluding carboxylic acids is 1. The Labute approximate surface area is 131 Å². The van der Waals surface area contributed by atoms with Crippen LogP contribution >= 0.6 is 15.9 Å². The minimum atomic E-state index is -3.87. The van der Waals surface area contributed by atoms with Gasteiger partial charge >= 0.3 is 0 Å². The van der Waals surface area contributed by atoms with Gasteiger partial charge in [-0.3, -0.25) is 4.79 Å². The molecule has 1 aromatic rings. The highest BCUT2D eigenvalue weighted by atomic mass is 79.9. The molecule has 1 aliphatic rings. The summed E-state index contributed by atoms with van der Waals surface area (Å²) in [5.41, 5.74) is 11.9. The summed E-state index contributed by atoms with van der Waals surface area (Å²) in [6, 6.07) is 2.00. The topological polar surface area (TPSA) is 116 Å². The van der Waals surface area contributed by atoms with Crippen LogP contribution in [0.4, 0.5) is 5.69 Å². The number of morpholine rings is 1. The van der Waals surface area contributed by atoms with Gasteiger partial charge in [-0.05, 0) is 40.5 Å². The fraction of sp³-hybridized carbons (Fsp3) is 0.417. The molecule has 7 nitrogen and oxygen atoms in total. The van der Waals surface area contributed by atoms with Crippen LogP contribution in [0.1, 0.15) is 5.56 Å². The summed E-state index contributed by atoms with van der Waals surface area (Å²) in [6.45, 7) is 1.91. The van der Waals surface area contributed by atoms with Gasteiger partial charge in [-0.2, -0.15) is 4.31 Å². The Balaban J connectivity index is 2.50. The highest BCUT2D eigenvalue weighted by Crippen LogP contribution is 2.29. The van der Waals surface area contributed by atoms with Crippen LogP contribution in [0.2, 0.25) is 0 Å². The number of primary amides is 1. The molecule has 1 atom stereocenters. The van der Waals surface area contributed by atoms with Crippen molar-refractivity contribution in [2.45, 2.75) is 17.9 Å². The highest BCUT2D eigenvalue weighted by Gasteiger charge is 2.38. The van der Waals surface area contributed by atoms with Crippen molar-refractivity contribution >= 4 is 37.5 Å². The molecule has 0 aromatic heterocycles. The number of ether oxygens (including phenoxy) is 1. The molecule has 1 unspecified atom stereocenters. The first kappa shape index (κ1) is 16.2. The first-order valence-electron chi connectivity index (χ1n) is 6.19. The van der Waals surface area contributed by atoms with E-state index >= 15 is 0 Å². The number of benzene rings is 1. The lowest BCUT2D eigenvalue weighted by Gasteiger charge is -2.32. The third-order valence-corrected chi connectivity index (χ3v) is 6.03. The Bertz CT molecular complexity index is 677. The molecule has 0 radical (unpaired) electrons. The number of anilines is 1. The highest BCUT2D eigenvalue weighted by molar-refractivity contribution is 9.10. The summed E-state index contributed by atoms with van der Waals surface area (Å²) in [5, 5.41) is 0. The average molecular weight is 378 g/mol. The smallest absolute Gasteiger partial charge is 0.244 e. The van der Waals surface area contributed by atoms with E-state index in [9.17, 15) is 13.2 Å².